The average Bonchev–Trinajstić information content (AvgIpc) is 3.49. The standard InChI is InChI=1S/C24H30N6O2/c31-20(11-10-17-6-4-5-7-17)29-14-12-19(13-15-29)22-25-23-21(24(32)26-22)27-28-30(23)16-18-8-2-1-3-9-18/h1-3,8-9,17,19H,4-7,10-16H2,(H,25,26,32). The van der Waals surface area contributed by atoms with Crippen molar-refractivity contribution >= 4 is 17.1 Å². The van der Waals surface area contributed by atoms with E-state index >= 15 is 0 Å². The molecule has 1 aliphatic carbocycles. The van der Waals surface area contributed by atoms with Crippen LogP contribution in [0.25, 0.3) is 11.2 Å². The van der Waals surface area contributed by atoms with Gasteiger partial charge in [-0.15, -0.1) is 5.10 Å². The van der Waals surface area contributed by atoms with E-state index in [1.807, 2.05) is 35.2 Å². The number of piperidine rings is 1. The number of benzene rings is 1. The Balaban J connectivity index is 1.25. The number of rotatable bonds is 6. The number of hydrogen-bond donors (Lipinski definition) is 1. The minimum atomic E-state index is -0.251. The summed E-state index contributed by atoms with van der Waals surface area (Å²) >= 11 is 0. The van der Waals surface area contributed by atoms with Gasteiger partial charge in [0.25, 0.3) is 5.56 Å². The van der Waals surface area contributed by atoms with Gasteiger partial charge < -0.3 is 9.88 Å². The molecule has 2 fully saturated rings. The molecule has 0 radical (unpaired) electrons. The van der Waals surface area contributed by atoms with E-state index < -0.39 is 0 Å². The molecule has 8 heteroatoms. The van der Waals surface area contributed by atoms with Crippen LogP contribution >= 0.6 is 0 Å². The summed E-state index contributed by atoms with van der Waals surface area (Å²) in [6, 6.07) is 9.95. The monoisotopic (exact) mass is 434 g/mol. The van der Waals surface area contributed by atoms with Gasteiger partial charge in [0.1, 0.15) is 5.82 Å². The second-order valence-electron chi connectivity index (χ2n) is 9.20. The summed E-state index contributed by atoms with van der Waals surface area (Å²) in [6.45, 7) is 1.95. The molecule has 1 saturated carbocycles. The molecule has 0 spiro atoms. The van der Waals surface area contributed by atoms with Crippen molar-refractivity contribution in [3.05, 3.63) is 52.1 Å². The smallest absolute Gasteiger partial charge is 0.281 e. The number of H-pyrrole nitrogens is 1. The van der Waals surface area contributed by atoms with Crippen LogP contribution in [0.1, 0.15) is 68.7 Å². The third-order valence-corrected chi connectivity index (χ3v) is 7.04. The predicted molar refractivity (Wildman–Crippen MR) is 121 cm³/mol. The summed E-state index contributed by atoms with van der Waals surface area (Å²) in [7, 11) is 0. The summed E-state index contributed by atoms with van der Waals surface area (Å²) in [5, 5.41) is 8.20. The van der Waals surface area contributed by atoms with Gasteiger partial charge in [0.05, 0.1) is 6.54 Å². The molecule has 0 unspecified atom stereocenters. The van der Waals surface area contributed by atoms with Crippen molar-refractivity contribution in [2.75, 3.05) is 13.1 Å². The largest absolute Gasteiger partial charge is 0.343 e. The minimum absolute atomic E-state index is 0.131. The molecule has 3 aromatic rings. The number of likely N-dealkylation sites (tertiary alicyclic amines) is 1. The van der Waals surface area contributed by atoms with Crippen LogP contribution in [-0.4, -0.2) is 48.9 Å². The summed E-state index contributed by atoms with van der Waals surface area (Å²) < 4.78 is 1.69. The van der Waals surface area contributed by atoms with Gasteiger partial charge in [0, 0.05) is 25.4 Å². The van der Waals surface area contributed by atoms with E-state index in [1.54, 1.807) is 4.68 Å². The quantitative estimate of drug-likeness (QED) is 0.642. The number of nitrogens with zero attached hydrogens (tertiary/aromatic N) is 5. The second kappa shape index (κ2) is 9.22. The van der Waals surface area contributed by atoms with Crippen LogP contribution in [0.2, 0.25) is 0 Å². The summed E-state index contributed by atoms with van der Waals surface area (Å²) in [6.07, 6.45) is 8.52. The maximum Gasteiger partial charge on any atom is 0.281 e. The maximum absolute atomic E-state index is 12.6. The average molecular weight is 435 g/mol. The highest BCUT2D eigenvalue weighted by atomic mass is 16.2. The molecular weight excluding hydrogens is 404 g/mol. The van der Waals surface area contributed by atoms with Crippen molar-refractivity contribution in [1.29, 1.82) is 0 Å². The first-order chi connectivity index (χ1) is 15.7. The predicted octanol–water partition coefficient (Wildman–Crippen LogP) is 3.24. The number of hydrogen-bond acceptors (Lipinski definition) is 5. The van der Waals surface area contributed by atoms with Gasteiger partial charge in [-0.2, -0.15) is 0 Å². The molecule has 0 bridgehead atoms. The SMILES string of the molecule is O=C(CCC1CCCC1)N1CCC(c2nc3c(nnn3Cc3ccccc3)c(=O)[nH]2)CC1. The van der Waals surface area contributed by atoms with Crippen molar-refractivity contribution in [2.24, 2.45) is 5.92 Å². The van der Waals surface area contributed by atoms with Crippen LogP contribution in [-0.2, 0) is 11.3 Å². The molecule has 168 valence electrons. The van der Waals surface area contributed by atoms with Crippen LogP contribution < -0.4 is 5.56 Å². The molecule has 2 aromatic heterocycles. The molecule has 8 nitrogen and oxygen atoms in total. The fourth-order valence-corrected chi connectivity index (χ4v) is 5.13. The lowest BCUT2D eigenvalue weighted by Crippen LogP contribution is -2.38. The molecule has 1 aliphatic heterocycles. The number of carbonyl (C=O) groups excluding carboxylic acids is 1. The van der Waals surface area contributed by atoms with E-state index in [-0.39, 0.29) is 22.9 Å². The van der Waals surface area contributed by atoms with E-state index in [4.69, 9.17) is 4.98 Å². The summed E-state index contributed by atoms with van der Waals surface area (Å²) in [4.78, 5) is 34.9. The Bertz CT molecular complexity index is 1120. The zero-order valence-corrected chi connectivity index (χ0v) is 18.4. The zero-order chi connectivity index (χ0) is 21.9. The maximum atomic E-state index is 12.6. The van der Waals surface area contributed by atoms with E-state index in [0.717, 1.165) is 43.8 Å². The number of carbonyl (C=O) groups is 1. The molecular formula is C24H30N6O2. The second-order valence-corrected chi connectivity index (χ2v) is 9.20. The van der Waals surface area contributed by atoms with Crippen molar-refractivity contribution in [1.82, 2.24) is 29.9 Å². The number of nitrogens with one attached hydrogen (secondary N) is 1. The third kappa shape index (κ3) is 4.45. The Labute approximate surface area is 187 Å². The highest BCUT2D eigenvalue weighted by Gasteiger charge is 2.27. The molecule has 2 aliphatic rings. The van der Waals surface area contributed by atoms with Crippen LogP contribution in [0.15, 0.2) is 35.1 Å². The first-order valence-electron chi connectivity index (χ1n) is 11.8. The molecule has 1 aromatic carbocycles. The van der Waals surface area contributed by atoms with Crippen molar-refractivity contribution in [2.45, 2.75) is 63.8 Å². The molecule has 1 N–H and O–H groups in total. The van der Waals surface area contributed by atoms with Gasteiger partial charge in [-0.05, 0) is 30.7 Å². The third-order valence-electron chi connectivity index (χ3n) is 7.04. The lowest BCUT2D eigenvalue weighted by Gasteiger charge is -2.31. The van der Waals surface area contributed by atoms with Crippen molar-refractivity contribution < 1.29 is 4.79 Å². The minimum Gasteiger partial charge on any atom is -0.343 e. The Hall–Kier alpha value is -3.03. The first kappa shape index (κ1) is 20.8. The lowest BCUT2D eigenvalue weighted by atomic mass is 9.95. The number of aromatic nitrogens is 5. The molecule has 0 atom stereocenters. The molecule has 5 rings (SSSR count). The van der Waals surface area contributed by atoms with Crippen molar-refractivity contribution in [3.63, 3.8) is 0 Å². The van der Waals surface area contributed by atoms with Crippen LogP contribution in [0.4, 0.5) is 0 Å². The van der Waals surface area contributed by atoms with Gasteiger partial charge in [-0.25, -0.2) is 9.67 Å². The Morgan fingerprint density at radius 1 is 1.06 bits per heavy atom. The topological polar surface area (TPSA) is 96.8 Å². The number of aromatic amines is 1. The lowest BCUT2D eigenvalue weighted by molar-refractivity contribution is -0.132. The van der Waals surface area contributed by atoms with Crippen molar-refractivity contribution in [3.8, 4) is 0 Å². The first-order valence-corrected chi connectivity index (χ1v) is 11.8. The molecule has 1 saturated heterocycles. The van der Waals surface area contributed by atoms with E-state index in [2.05, 4.69) is 15.3 Å². The number of fused-ring (bicyclic) bond motifs is 1. The van der Waals surface area contributed by atoms with Crippen LogP contribution in [0.3, 0.4) is 0 Å². The fraction of sp³-hybridized carbons (Fsp3) is 0.542. The zero-order valence-electron chi connectivity index (χ0n) is 18.4. The summed E-state index contributed by atoms with van der Waals surface area (Å²) in [5.74, 6) is 1.83. The van der Waals surface area contributed by atoms with Gasteiger partial charge in [0.15, 0.2) is 11.2 Å². The van der Waals surface area contributed by atoms with Gasteiger partial charge in [-0.1, -0.05) is 61.2 Å². The Morgan fingerprint density at radius 3 is 2.56 bits per heavy atom. The van der Waals surface area contributed by atoms with E-state index in [0.29, 0.717) is 24.4 Å². The van der Waals surface area contributed by atoms with Crippen LogP contribution in [0, 0.1) is 5.92 Å². The highest BCUT2D eigenvalue weighted by molar-refractivity contribution is 5.76. The summed E-state index contributed by atoms with van der Waals surface area (Å²) in [5.41, 5.74) is 1.61. The van der Waals surface area contributed by atoms with Gasteiger partial charge in [-0.3, -0.25) is 9.59 Å². The number of amides is 1. The van der Waals surface area contributed by atoms with Crippen LogP contribution in [0.5, 0.6) is 0 Å². The molecule has 3 heterocycles. The Kier molecular flexibility index (Phi) is 6.01. The van der Waals surface area contributed by atoms with E-state index in [1.165, 1.54) is 25.7 Å². The highest BCUT2D eigenvalue weighted by Crippen LogP contribution is 2.30. The molecule has 1 amide bonds. The fourth-order valence-electron chi connectivity index (χ4n) is 5.13. The van der Waals surface area contributed by atoms with E-state index in [9.17, 15) is 9.59 Å². The van der Waals surface area contributed by atoms with Gasteiger partial charge >= 0.3 is 0 Å². The molecule has 32 heavy (non-hydrogen) atoms. The normalized spacial score (nSPS) is 17.9. The van der Waals surface area contributed by atoms with Gasteiger partial charge in [0.2, 0.25) is 5.91 Å². The Morgan fingerprint density at radius 2 is 1.81 bits per heavy atom.